The molecule has 0 radical (unpaired) electrons. The zero-order valence-corrected chi connectivity index (χ0v) is 15.0. The third-order valence-electron chi connectivity index (χ3n) is 4.51. The molecule has 0 spiro atoms. The first-order valence-corrected chi connectivity index (χ1v) is 8.68. The lowest BCUT2D eigenvalue weighted by molar-refractivity contribution is -0.173. The molecule has 0 aliphatic carbocycles. The Morgan fingerprint density at radius 1 is 1.44 bits per heavy atom. The van der Waals surface area contributed by atoms with Crippen LogP contribution in [0.1, 0.15) is 47.8 Å². The molecule has 2 N–H and O–H groups in total. The van der Waals surface area contributed by atoms with E-state index in [1.54, 1.807) is 24.3 Å². The van der Waals surface area contributed by atoms with Gasteiger partial charge in [-0.2, -0.15) is 18.3 Å². The van der Waals surface area contributed by atoms with Crippen molar-refractivity contribution in [3.05, 3.63) is 41.6 Å². The Balaban J connectivity index is 1.99. The number of carbonyl (C=O) groups is 1. The lowest BCUT2D eigenvalue weighted by Crippen LogP contribution is -2.36. The average Bonchev–Trinajstić information content (AvgIpc) is 3.08. The molecule has 1 aliphatic rings. The number of halogens is 3. The van der Waals surface area contributed by atoms with Crippen LogP contribution in [0.3, 0.4) is 0 Å². The van der Waals surface area contributed by atoms with E-state index in [1.165, 1.54) is 13.3 Å². The first-order chi connectivity index (χ1) is 12.8. The molecule has 2 atom stereocenters. The molecule has 0 fully saturated rings. The molecule has 1 aromatic heterocycles. The van der Waals surface area contributed by atoms with E-state index < -0.39 is 24.2 Å². The molecule has 2 heterocycles. The van der Waals surface area contributed by atoms with Gasteiger partial charge in [0.2, 0.25) is 0 Å². The van der Waals surface area contributed by atoms with Gasteiger partial charge >= 0.3 is 6.18 Å². The second kappa shape index (κ2) is 7.50. The molecule has 146 valence electrons. The number of amides is 1. The number of fused-ring (bicyclic) bond motifs is 1. The number of nitrogens with zero attached hydrogens (tertiary/aromatic N) is 2. The molecule has 1 aromatic carbocycles. The summed E-state index contributed by atoms with van der Waals surface area (Å²) in [5, 5.41) is 9.58. The second-order valence-corrected chi connectivity index (χ2v) is 6.37. The van der Waals surface area contributed by atoms with Crippen LogP contribution in [0.25, 0.3) is 0 Å². The van der Waals surface area contributed by atoms with Gasteiger partial charge in [-0.3, -0.25) is 4.79 Å². The van der Waals surface area contributed by atoms with Gasteiger partial charge in [-0.05, 0) is 24.1 Å². The van der Waals surface area contributed by atoms with Crippen LogP contribution < -0.4 is 15.4 Å². The molecule has 0 unspecified atom stereocenters. The van der Waals surface area contributed by atoms with Crippen LogP contribution in [0, 0.1) is 0 Å². The maximum atomic E-state index is 13.7. The Bertz CT molecular complexity index is 819. The number of carbonyl (C=O) groups excluding carboxylic acids is 1. The number of hydrogen-bond acceptors (Lipinski definition) is 4. The van der Waals surface area contributed by atoms with Gasteiger partial charge < -0.3 is 15.4 Å². The Labute approximate surface area is 154 Å². The van der Waals surface area contributed by atoms with Crippen LogP contribution >= 0.6 is 0 Å². The molecule has 9 heteroatoms. The molecular weight excluding hydrogens is 361 g/mol. The molecule has 2 aromatic rings. The Morgan fingerprint density at radius 3 is 2.89 bits per heavy atom. The van der Waals surface area contributed by atoms with E-state index in [9.17, 15) is 18.0 Å². The minimum absolute atomic E-state index is 0.0741. The zero-order valence-electron chi connectivity index (χ0n) is 15.0. The van der Waals surface area contributed by atoms with E-state index in [1.807, 2.05) is 6.92 Å². The number of aromatic nitrogens is 2. The summed E-state index contributed by atoms with van der Waals surface area (Å²) in [6, 6.07) is 4.41. The van der Waals surface area contributed by atoms with Crippen molar-refractivity contribution in [2.75, 3.05) is 19.0 Å². The largest absolute Gasteiger partial charge is 0.497 e. The van der Waals surface area contributed by atoms with Gasteiger partial charge in [-0.1, -0.05) is 19.1 Å². The lowest BCUT2D eigenvalue weighted by Gasteiger charge is -2.34. The highest BCUT2D eigenvalue weighted by Crippen LogP contribution is 2.44. The van der Waals surface area contributed by atoms with Crippen molar-refractivity contribution in [1.29, 1.82) is 0 Å². The quantitative estimate of drug-likeness (QED) is 0.828. The molecular formula is C18H21F3N4O2. The van der Waals surface area contributed by atoms with Crippen molar-refractivity contribution in [2.24, 2.45) is 0 Å². The number of rotatable bonds is 5. The normalized spacial score (nSPS) is 19.1. The summed E-state index contributed by atoms with van der Waals surface area (Å²) < 4.78 is 47.0. The maximum absolute atomic E-state index is 13.7. The van der Waals surface area contributed by atoms with E-state index in [2.05, 4.69) is 15.7 Å². The van der Waals surface area contributed by atoms with Crippen molar-refractivity contribution >= 4 is 11.7 Å². The molecule has 0 bridgehead atoms. The van der Waals surface area contributed by atoms with E-state index in [0.29, 0.717) is 17.9 Å². The summed E-state index contributed by atoms with van der Waals surface area (Å²) in [7, 11) is 1.50. The molecule has 27 heavy (non-hydrogen) atoms. The molecule has 1 amide bonds. The number of ether oxygens (including phenoxy) is 1. The number of alkyl halides is 3. The van der Waals surface area contributed by atoms with Crippen LogP contribution in [-0.4, -0.2) is 35.5 Å². The fourth-order valence-corrected chi connectivity index (χ4v) is 3.14. The third-order valence-corrected chi connectivity index (χ3v) is 4.51. The highest BCUT2D eigenvalue weighted by molar-refractivity contribution is 5.98. The van der Waals surface area contributed by atoms with E-state index >= 15 is 0 Å². The number of anilines is 1. The summed E-state index contributed by atoms with van der Waals surface area (Å²) in [6.07, 6.45) is -2.82. The first kappa shape index (κ1) is 19.1. The third kappa shape index (κ3) is 3.86. The predicted molar refractivity (Wildman–Crippen MR) is 93.9 cm³/mol. The van der Waals surface area contributed by atoms with E-state index in [-0.39, 0.29) is 17.8 Å². The van der Waals surface area contributed by atoms with Gasteiger partial charge in [0.25, 0.3) is 5.91 Å². The first-order valence-electron chi connectivity index (χ1n) is 8.68. The molecule has 3 rings (SSSR count). The van der Waals surface area contributed by atoms with Crippen molar-refractivity contribution in [2.45, 2.75) is 38.0 Å². The second-order valence-electron chi connectivity index (χ2n) is 6.37. The Morgan fingerprint density at radius 2 is 2.22 bits per heavy atom. The standard InChI is InChI=1S/C18H21F3N4O2/c1-3-7-22-17(26)13-10-23-25-15(18(19,20)21)9-14(24-16(13)25)11-5-4-6-12(8-11)27-2/h4-6,8,10,14-15,24H,3,7,9H2,1-2H3,(H,22,26)/t14-,15+/m0/s1. The minimum Gasteiger partial charge on any atom is -0.497 e. The number of benzene rings is 1. The van der Waals surface area contributed by atoms with Gasteiger partial charge in [-0.15, -0.1) is 0 Å². The molecule has 0 saturated heterocycles. The number of nitrogens with one attached hydrogen (secondary N) is 2. The lowest BCUT2D eigenvalue weighted by atomic mass is 9.96. The van der Waals surface area contributed by atoms with E-state index in [0.717, 1.165) is 11.1 Å². The van der Waals surface area contributed by atoms with Gasteiger partial charge in [0.05, 0.1) is 19.3 Å². The monoisotopic (exact) mass is 382 g/mol. The van der Waals surface area contributed by atoms with Gasteiger partial charge in [0, 0.05) is 13.0 Å². The zero-order chi connectivity index (χ0) is 19.6. The van der Waals surface area contributed by atoms with Crippen molar-refractivity contribution < 1.29 is 22.7 Å². The summed E-state index contributed by atoms with van der Waals surface area (Å²) in [6.45, 7) is 2.33. The summed E-state index contributed by atoms with van der Waals surface area (Å²) >= 11 is 0. The average molecular weight is 382 g/mol. The van der Waals surface area contributed by atoms with Crippen LogP contribution in [0.5, 0.6) is 5.75 Å². The Hall–Kier alpha value is -2.71. The number of hydrogen-bond donors (Lipinski definition) is 2. The minimum atomic E-state index is -4.49. The smallest absolute Gasteiger partial charge is 0.410 e. The van der Waals surface area contributed by atoms with Crippen LogP contribution in [0.2, 0.25) is 0 Å². The maximum Gasteiger partial charge on any atom is 0.410 e. The number of methoxy groups -OCH3 is 1. The molecule has 0 saturated carbocycles. The molecule has 1 aliphatic heterocycles. The fraction of sp³-hybridized carbons (Fsp3) is 0.444. The molecule has 6 nitrogen and oxygen atoms in total. The van der Waals surface area contributed by atoms with Crippen LogP contribution in [-0.2, 0) is 0 Å². The summed E-state index contributed by atoms with van der Waals surface area (Å²) in [4.78, 5) is 12.3. The SMILES string of the molecule is CCCNC(=O)c1cnn2c1N[C@H](c1cccc(OC)c1)C[C@@H]2C(F)(F)F. The highest BCUT2D eigenvalue weighted by atomic mass is 19.4. The van der Waals surface area contributed by atoms with Crippen LogP contribution in [0.4, 0.5) is 19.0 Å². The highest BCUT2D eigenvalue weighted by Gasteiger charge is 2.47. The van der Waals surface area contributed by atoms with Gasteiger partial charge in [0.15, 0.2) is 6.04 Å². The van der Waals surface area contributed by atoms with Crippen LogP contribution in [0.15, 0.2) is 30.5 Å². The summed E-state index contributed by atoms with van der Waals surface area (Å²) in [5.74, 6) is 0.181. The van der Waals surface area contributed by atoms with Gasteiger partial charge in [0.1, 0.15) is 17.1 Å². The van der Waals surface area contributed by atoms with Crippen molar-refractivity contribution in [1.82, 2.24) is 15.1 Å². The topological polar surface area (TPSA) is 68.2 Å². The predicted octanol–water partition coefficient (Wildman–Crippen LogP) is 3.69. The Kier molecular flexibility index (Phi) is 5.29. The van der Waals surface area contributed by atoms with Crippen molar-refractivity contribution in [3.8, 4) is 5.75 Å². The summed E-state index contributed by atoms with van der Waals surface area (Å²) in [5.41, 5.74) is 0.751. The van der Waals surface area contributed by atoms with E-state index in [4.69, 9.17) is 4.74 Å². The van der Waals surface area contributed by atoms with Gasteiger partial charge in [-0.25, -0.2) is 4.68 Å². The fourth-order valence-electron chi connectivity index (χ4n) is 3.14. The van der Waals surface area contributed by atoms with Crippen molar-refractivity contribution in [3.63, 3.8) is 0 Å².